The van der Waals surface area contributed by atoms with Crippen LogP contribution in [0.2, 0.25) is 0 Å². The number of hydrogen-bond donors (Lipinski definition) is 1. The van der Waals surface area contributed by atoms with Crippen molar-refractivity contribution in [3.8, 4) is 0 Å². The van der Waals surface area contributed by atoms with Gasteiger partial charge < -0.3 is 5.32 Å². The third-order valence-electron chi connectivity index (χ3n) is 3.48. The Balaban J connectivity index is 1.87. The molecule has 2 aromatic carbocycles. The molecule has 1 atom stereocenters. The van der Waals surface area contributed by atoms with Gasteiger partial charge in [-0.2, -0.15) is 0 Å². The Labute approximate surface area is 126 Å². The lowest BCUT2D eigenvalue weighted by Crippen LogP contribution is -2.10. The van der Waals surface area contributed by atoms with Crippen LogP contribution in [0.3, 0.4) is 0 Å². The summed E-state index contributed by atoms with van der Waals surface area (Å²) in [5, 5.41) is 3.66. The molecule has 1 aliphatic heterocycles. The van der Waals surface area contributed by atoms with E-state index in [4.69, 9.17) is 0 Å². The number of aryl methyl sites for hydroxylation is 2. The Kier molecular flexibility index (Phi) is 3.59. The molecular weight excluding hydrogens is 318 g/mol. The van der Waals surface area contributed by atoms with E-state index in [1.807, 2.05) is 11.8 Å². The second-order valence-electron chi connectivity index (χ2n) is 4.97. The summed E-state index contributed by atoms with van der Waals surface area (Å²) in [6.07, 6.45) is 0. The number of nitrogens with one attached hydrogen (secondary N) is 1. The van der Waals surface area contributed by atoms with E-state index in [1.165, 1.54) is 31.7 Å². The molecule has 0 bridgehead atoms. The lowest BCUT2D eigenvalue weighted by atomic mass is 10.1. The Bertz CT molecular complexity index is 601. The molecule has 0 spiro atoms. The lowest BCUT2D eigenvalue weighted by molar-refractivity contribution is 0.899. The van der Waals surface area contributed by atoms with Crippen molar-refractivity contribution >= 4 is 33.4 Å². The zero-order valence-corrected chi connectivity index (χ0v) is 13.4. The monoisotopic (exact) mass is 333 g/mol. The summed E-state index contributed by atoms with van der Waals surface area (Å²) in [6.45, 7) is 4.28. The van der Waals surface area contributed by atoms with Crippen LogP contribution in [0.15, 0.2) is 45.8 Å². The van der Waals surface area contributed by atoms with Crippen molar-refractivity contribution < 1.29 is 0 Å². The van der Waals surface area contributed by atoms with Gasteiger partial charge in [0.25, 0.3) is 0 Å². The van der Waals surface area contributed by atoms with Crippen LogP contribution in [0.5, 0.6) is 0 Å². The lowest BCUT2D eigenvalue weighted by Gasteiger charge is -2.16. The van der Waals surface area contributed by atoms with Crippen molar-refractivity contribution in [2.45, 2.75) is 24.8 Å². The molecule has 3 rings (SSSR count). The van der Waals surface area contributed by atoms with E-state index in [9.17, 15) is 0 Å². The van der Waals surface area contributed by atoms with Crippen LogP contribution in [0.4, 0.5) is 5.69 Å². The van der Waals surface area contributed by atoms with Crippen LogP contribution < -0.4 is 5.32 Å². The number of hydrogen-bond acceptors (Lipinski definition) is 2. The Morgan fingerprint density at radius 3 is 2.58 bits per heavy atom. The van der Waals surface area contributed by atoms with E-state index in [2.05, 4.69) is 71.5 Å². The first kappa shape index (κ1) is 13.1. The normalized spacial score (nSPS) is 17.3. The van der Waals surface area contributed by atoms with Crippen LogP contribution >= 0.6 is 27.7 Å². The van der Waals surface area contributed by atoms with Gasteiger partial charge in [0.2, 0.25) is 0 Å². The number of rotatable bonds is 2. The summed E-state index contributed by atoms with van der Waals surface area (Å²) in [4.78, 5) is 1.41. The van der Waals surface area contributed by atoms with Gasteiger partial charge in [-0.3, -0.25) is 0 Å². The van der Waals surface area contributed by atoms with E-state index in [-0.39, 0.29) is 0 Å². The maximum absolute atomic E-state index is 3.66. The van der Waals surface area contributed by atoms with Crippen molar-refractivity contribution in [1.29, 1.82) is 0 Å². The Morgan fingerprint density at radius 1 is 1.16 bits per heavy atom. The third kappa shape index (κ3) is 2.54. The summed E-state index contributed by atoms with van der Waals surface area (Å²) in [5.74, 6) is 1.10. The number of fused-ring (bicyclic) bond motifs is 1. The molecule has 19 heavy (non-hydrogen) atoms. The standard InChI is InChI=1S/C16H16BrNS/c1-10-7-12(8-11(2)16(10)17)18-14-9-19-15-6-4-3-5-13(14)15/h3-8,14,18H,9H2,1-2H3. The molecule has 0 amide bonds. The molecule has 2 aromatic rings. The topological polar surface area (TPSA) is 12.0 Å². The third-order valence-corrected chi connectivity index (χ3v) is 5.91. The average Bonchev–Trinajstić information content (AvgIpc) is 2.79. The predicted octanol–water partition coefficient (Wildman–Crippen LogP) is 5.32. The van der Waals surface area contributed by atoms with Crippen molar-refractivity contribution in [2.75, 3.05) is 11.1 Å². The highest BCUT2D eigenvalue weighted by Gasteiger charge is 2.22. The Hall–Kier alpha value is -0.930. The first-order valence-corrected chi connectivity index (χ1v) is 8.18. The molecule has 0 radical (unpaired) electrons. The summed E-state index contributed by atoms with van der Waals surface area (Å²) >= 11 is 5.55. The van der Waals surface area contributed by atoms with E-state index >= 15 is 0 Å². The fraction of sp³-hybridized carbons (Fsp3) is 0.250. The quantitative estimate of drug-likeness (QED) is 0.797. The van der Waals surface area contributed by atoms with Crippen LogP contribution in [-0.2, 0) is 0 Å². The van der Waals surface area contributed by atoms with Crippen molar-refractivity contribution in [1.82, 2.24) is 0 Å². The molecule has 0 aliphatic carbocycles. The van der Waals surface area contributed by atoms with Crippen LogP contribution in [0.1, 0.15) is 22.7 Å². The minimum absolute atomic E-state index is 0.418. The number of halogens is 1. The molecule has 1 nitrogen and oxygen atoms in total. The molecule has 1 unspecified atom stereocenters. The summed E-state index contributed by atoms with van der Waals surface area (Å²) in [5.41, 5.74) is 5.19. The van der Waals surface area contributed by atoms with E-state index in [0.29, 0.717) is 6.04 Å². The Morgan fingerprint density at radius 2 is 1.84 bits per heavy atom. The highest BCUT2D eigenvalue weighted by atomic mass is 79.9. The second-order valence-corrected chi connectivity index (χ2v) is 6.82. The second kappa shape index (κ2) is 5.22. The maximum Gasteiger partial charge on any atom is 0.0618 e. The number of benzene rings is 2. The first-order chi connectivity index (χ1) is 9.15. The molecular formula is C16H16BrNS. The van der Waals surface area contributed by atoms with Crippen molar-refractivity contribution in [3.05, 3.63) is 57.6 Å². The van der Waals surface area contributed by atoms with Gasteiger partial charge in [0.15, 0.2) is 0 Å². The summed E-state index contributed by atoms with van der Waals surface area (Å²) in [7, 11) is 0. The van der Waals surface area contributed by atoms with Gasteiger partial charge in [-0.15, -0.1) is 11.8 Å². The summed E-state index contributed by atoms with van der Waals surface area (Å²) < 4.78 is 1.21. The fourth-order valence-corrected chi connectivity index (χ4v) is 3.90. The highest BCUT2D eigenvalue weighted by molar-refractivity contribution is 9.10. The van der Waals surface area contributed by atoms with Gasteiger partial charge in [0.05, 0.1) is 6.04 Å². The smallest absolute Gasteiger partial charge is 0.0618 e. The molecule has 0 saturated heterocycles. The van der Waals surface area contributed by atoms with Crippen molar-refractivity contribution in [2.24, 2.45) is 0 Å². The summed E-state index contributed by atoms with van der Waals surface area (Å²) in [6, 6.07) is 13.5. The van der Waals surface area contributed by atoms with Gasteiger partial charge in [-0.05, 0) is 48.7 Å². The van der Waals surface area contributed by atoms with Crippen LogP contribution in [-0.4, -0.2) is 5.75 Å². The van der Waals surface area contributed by atoms with Gasteiger partial charge in [0, 0.05) is 20.8 Å². The zero-order chi connectivity index (χ0) is 13.4. The zero-order valence-electron chi connectivity index (χ0n) is 11.0. The molecule has 0 fully saturated rings. The molecule has 1 aliphatic rings. The molecule has 0 saturated carbocycles. The minimum atomic E-state index is 0.418. The molecule has 3 heteroatoms. The van der Waals surface area contributed by atoms with Gasteiger partial charge in [-0.1, -0.05) is 34.1 Å². The molecule has 0 aromatic heterocycles. The maximum atomic E-state index is 3.66. The minimum Gasteiger partial charge on any atom is -0.377 e. The van der Waals surface area contributed by atoms with Crippen LogP contribution in [0, 0.1) is 13.8 Å². The molecule has 98 valence electrons. The van der Waals surface area contributed by atoms with E-state index in [1.54, 1.807) is 0 Å². The highest BCUT2D eigenvalue weighted by Crippen LogP contribution is 2.40. The largest absolute Gasteiger partial charge is 0.377 e. The molecule has 1 N–H and O–H groups in total. The van der Waals surface area contributed by atoms with Gasteiger partial charge >= 0.3 is 0 Å². The number of anilines is 1. The van der Waals surface area contributed by atoms with E-state index < -0.39 is 0 Å². The van der Waals surface area contributed by atoms with E-state index in [0.717, 1.165) is 5.75 Å². The van der Waals surface area contributed by atoms with Gasteiger partial charge in [-0.25, -0.2) is 0 Å². The first-order valence-electron chi connectivity index (χ1n) is 6.40. The SMILES string of the molecule is Cc1cc(NC2CSc3ccccc32)cc(C)c1Br. The van der Waals surface area contributed by atoms with Crippen molar-refractivity contribution in [3.63, 3.8) is 0 Å². The van der Waals surface area contributed by atoms with Crippen LogP contribution in [0.25, 0.3) is 0 Å². The predicted molar refractivity (Wildman–Crippen MR) is 87.1 cm³/mol. The molecule has 1 heterocycles. The fourth-order valence-electron chi connectivity index (χ4n) is 2.51. The number of thioether (sulfide) groups is 1. The van der Waals surface area contributed by atoms with Gasteiger partial charge in [0.1, 0.15) is 0 Å². The average molecular weight is 334 g/mol.